The molecular weight excluding hydrogens is 353 g/mol. The molecule has 0 amide bonds. The Hall–Kier alpha value is -3.47. The van der Waals surface area contributed by atoms with Gasteiger partial charge in [0.25, 0.3) is 0 Å². The number of halogens is 1. The molecule has 0 fully saturated rings. The van der Waals surface area contributed by atoms with Gasteiger partial charge in [-0.15, -0.1) is 0 Å². The fourth-order valence-electron chi connectivity index (χ4n) is 3.57. The molecule has 0 saturated carbocycles. The van der Waals surface area contributed by atoms with Crippen LogP contribution in [0.15, 0.2) is 77.3 Å². The van der Waals surface area contributed by atoms with Crippen LogP contribution < -0.4 is 4.90 Å². The van der Waals surface area contributed by atoms with Gasteiger partial charge in [0.15, 0.2) is 0 Å². The molecule has 0 unspecified atom stereocenters. The van der Waals surface area contributed by atoms with E-state index in [-0.39, 0.29) is 5.82 Å². The van der Waals surface area contributed by atoms with E-state index in [1.165, 1.54) is 0 Å². The van der Waals surface area contributed by atoms with Crippen LogP contribution in [0.3, 0.4) is 0 Å². The molecule has 5 rings (SSSR count). The highest BCUT2D eigenvalue weighted by Gasteiger charge is 2.24. The second-order valence-corrected chi connectivity index (χ2v) is 6.84. The van der Waals surface area contributed by atoms with E-state index in [1.807, 2.05) is 54.6 Å². The molecule has 28 heavy (non-hydrogen) atoms. The summed E-state index contributed by atoms with van der Waals surface area (Å²) in [5.41, 5.74) is 4.39. The van der Waals surface area contributed by atoms with Gasteiger partial charge >= 0.3 is 0 Å². The van der Waals surface area contributed by atoms with E-state index in [0.29, 0.717) is 12.4 Å². The van der Waals surface area contributed by atoms with E-state index < -0.39 is 0 Å². The first-order chi connectivity index (χ1) is 13.8. The average Bonchev–Trinajstić information content (AvgIpc) is 3.18. The van der Waals surface area contributed by atoms with Gasteiger partial charge in [0, 0.05) is 24.8 Å². The van der Waals surface area contributed by atoms with Gasteiger partial charge in [-0.25, -0.2) is 9.37 Å². The molecule has 2 aromatic carbocycles. The molecule has 3 heterocycles. The Morgan fingerprint density at radius 3 is 2.61 bits per heavy atom. The van der Waals surface area contributed by atoms with Crippen LogP contribution in [0.2, 0.25) is 0 Å². The molecule has 0 N–H and O–H groups in total. The Labute approximate surface area is 162 Å². The highest BCUT2D eigenvalue weighted by molar-refractivity contribution is 5.69. The standard InChI is InChI=1S/C23H18FN3O/c24-18-12-17(16-6-2-1-3-7-16)13-19(14-18)27-11-9-20-22(15-27)28-23(26-20)21-8-4-5-10-25-21/h1-8,10,12-14H,9,11,15H2. The number of oxazole rings is 1. The molecule has 2 aromatic heterocycles. The fourth-order valence-corrected chi connectivity index (χ4v) is 3.57. The Morgan fingerprint density at radius 2 is 1.79 bits per heavy atom. The van der Waals surface area contributed by atoms with Gasteiger partial charge in [-0.05, 0) is 41.5 Å². The molecule has 138 valence electrons. The Kier molecular flexibility index (Phi) is 4.13. The van der Waals surface area contributed by atoms with Crippen molar-refractivity contribution >= 4 is 5.69 Å². The average molecular weight is 371 g/mol. The monoisotopic (exact) mass is 371 g/mol. The van der Waals surface area contributed by atoms with Crippen molar-refractivity contribution in [2.45, 2.75) is 13.0 Å². The van der Waals surface area contributed by atoms with Crippen molar-refractivity contribution in [2.24, 2.45) is 0 Å². The van der Waals surface area contributed by atoms with Gasteiger partial charge in [-0.1, -0.05) is 36.4 Å². The SMILES string of the molecule is Fc1cc(-c2ccccc2)cc(N2CCc3nc(-c4ccccn4)oc3C2)c1. The molecular formula is C23H18FN3O. The summed E-state index contributed by atoms with van der Waals surface area (Å²) in [5.74, 6) is 1.11. The molecule has 1 aliphatic rings. The third kappa shape index (κ3) is 3.16. The van der Waals surface area contributed by atoms with Gasteiger partial charge in [-0.3, -0.25) is 4.98 Å². The third-order valence-electron chi connectivity index (χ3n) is 4.97. The second kappa shape index (κ2) is 6.93. The number of aromatic nitrogens is 2. The molecule has 0 atom stereocenters. The molecule has 1 aliphatic heterocycles. The predicted molar refractivity (Wildman–Crippen MR) is 106 cm³/mol. The lowest BCUT2D eigenvalue weighted by Crippen LogP contribution is -2.30. The molecule has 0 radical (unpaired) electrons. The maximum absolute atomic E-state index is 14.3. The van der Waals surface area contributed by atoms with Crippen LogP contribution in [0.4, 0.5) is 10.1 Å². The van der Waals surface area contributed by atoms with E-state index in [1.54, 1.807) is 18.3 Å². The number of benzene rings is 2. The number of fused-ring (bicyclic) bond motifs is 1. The van der Waals surface area contributed by atoms with E-state index in [2.05, 4.69) is 14.9 Å². The highest BCUT2D eigenvalue weighted by atomic mass is 19.1. The van der Waals surface area contributed by atoms with Crippen molar-refractivity contribution in [1.82, 2.24) is 9.97 Å². The maximum Gasteiger partial charge on any atom is 0.245 e. The van der Waals surface area contributed by atoms with Gasteiger partial charge in [-0.2, -0.15) is 0 Å². The van der Waals surface area contributed by atoms with Crippen LogP contribution in [-0.2, 0) is 13.0 Å². The van der Waals surface area contributed by atoms with Crippen molar-refractivity contribution in [3.63, 3.8) is 0 Å². The van der Waals surface area contributed by atoms with Crippen LogP contribution in [0, 0.1) is 5.82 Å². The highest BCUT2D eigenvalue weighted by Crippen LogP contribution is 2.31. The van der Waals surface area contributed by atoms with Gasteiger partial charge < -0.3 is 9.32 Å². The lowest BCUT2D eigenvalue weighted by Gasteiger charge is -2.27. The third-order valence-corrected chi connectivity index (χ3v) is 4.97. The van der Waals surface area contributed by atoms with E-state index in [9.17, 15) is 4.39 Å². The van der Waals surface area contributed by atoms with Crippen molar-refractivity contribution in [3.05, 3.63) is 90.2 Å². The first kappa shape index (κ1) is 16.7. The molecule has 0 aliphatic carbocycles. The number of hydrogen-bond acceptors (Lipinski definition) is 4. The number of rotatable bonds is 3. The van der Waals surface area contributed by atoms with Crippen LogP contribution in [0.25, 0.3) is 22.7 Å². The zero-order valence-electron chi connectivity index (χ0n) is 15.2. The maximum atomic E-state index is 14.3. The zero-order valence-corrected chi connectivity index (χ0v) is 15.2. The van der Waals surface area contributed by atoms with Crippen molar-refractivity contribution in [2.75, 3.05) is 11.4 Å². The van der Waals surface area contributed by atoms with Crippen molar-refractivity contribution < 1.29 is 8.81 Å². The molecule has 5 heteroatoms. The summed E-state index contributed by atoms with van der Waals surface area (Å²) in [5, 5.41) is 0. The lowest BCUT2D eigenvalue weighted by molar-refractivity contribution is 0.493. The van der Waals surface area contributed by atoms with E-state index in [4.69, 9.17) is 4.42 Å². The number of anilines is 1. The zero-order chi connectivity index (χ0) is 18.9. The summed E-state index contributed by atoms with van der Waals surface area (Å²) in [6.07, 6.45) is 2.48. The Balaban J connectivity index is 1.45. The summed E-state index contributed by atoms with van der Waals surface area (Å²) in [4.78, 5) is 11.0. The first-order valence-corrected chi connectivity index (χ1v) is 9.27. The van der Waals surface area contributed by atoms with Crippen molar-refractivity contribution in [3.8, 4) is 22.7 Å². The van der Waals surface area contributed by atoms with E-state index >= 15 is 0 Å². The smallest absolute Gasteiger partial charge is 0.245 e. The molecule has 0 spiro atoms. The van der Waals surface area contributed by atoms with Crippen LogP contribution in [0.5, 0.6) is 0 Å². The predicted octanol–water partition coefficient (Wildman–Crippen LogP) is 5.11. The summed E-state index contributed by atoms with van der Waals surface area (Å²) < 4.78 is 20.3. The van der Waals surface area contributed by atoms with Gasteiger partial charge in [0.05, 0.1) is 12.2 Å². The summed E-state index contributed by atoms with van der Waals surface area (Å²) >= 11 is 0. The normalized spacial score (nSPS) is 13.4. The Morgan fingerprint density at radius 1 is 0.929 bits per heavy atom. The summed E-state index contributed by atoms with van der Waals surface area (Å²) in [6.45, 7) is 1.33. The number of pyridine rings is 1. The lowest BCUT2D eigenvalue weighted by atomic mass is 10.0. The minimum absolute atomic E-state index is 0.242. The number of nitrogens with zero attached hydrogens (tertiary/aromatic N) is 3. The van der Waals surface area contributed by atoms with Crippen LogP contribution >= 0.6 is 0 Å². The molecule has 0 saturated heterocycles. The minimum Gasteiger partial charge on any atom is -0.438 e. The summed E-state index contributed by atoms with van der Waals surface area (Å²) in [7, 11) is 0. The Bertz CT molecular complexity index is 1110. The second-order valence-electron chi connectivity index (χ2n) is 6.84. The van der Waals surface area contributed by atoms with Gasteiger partial charge in [0.1, 0.15) is 17.3 Å². The first-order valence-electron chi connectivity index (χ1n) is 9.27. The largest absolute Gasteiger partial charge is 0.438 e. The minimum atomic E-state index is -0.242. The molecule has 4 nitrogen and oxygen atoms in total. The number of hydrogen-bond donors (Lipinski definition) is 0. The quantitative estimate of drug-likeness (QED) is 0.502. The topological polar surface area (TPSA) is 42.2 Å². The molecule has 0 bridgehead atoms. The van der Waals surface area contributed by atoms with Crippen molar-refractivity contribution in [1.29, 1.82) is 0 Å². The fraction of sp³-hybridized carbons (Fsp3) is 0.130. The van der Waals surface area contributed by atoms with E-state index in [0.717, 1.165) is 46.9 Å². The summed E-state index contributed by atoms with van der Waals surface area (Å²) in [6, 6.07) is 20.7. The van der Waals surface area contributed by atoms with Crippen LogP contribution in [-0.4, -0.2) is 16.5 Å². The molecule has 4 aromatic rings. The van der Waals surface area contributed by atoms with Gasteiger partial charge in [0.2, 0.25) is 5.89 Å². The van der Waals surface area contributed by atoms with Crippen LogP contribution in [0.1, 0.15) is 11.5 Å².